The SMILES string of the molecule is CC(C)c1ccccc1[C@H]1CN(C(=O)O)CCN1C1CC2(CCN(c3ccc(C(=O)NS(=O)(=O)c4cnc(NCC5CCC(C)(O)CC5)c([N+](=O)[O-])c4)c(Oc4cnc5[nH]ccc5c4)c3)CC2)C1. The number of benzene rings is 2. The Hall–Kier alpha value is -6.31. The van der Waals surface area contributed by atoms with Gasteiger partial charge in [0.2, 0.25) is 5.82 Å². The van der Waals surface area contributed by atoms with Crippen LogP contribution in [0.4, 0.5) is 22.0 Å². The van der Waals surface area contributed by atoms with Crippen molar-refractivity contribution in [2.45, 2.75) is 101 Å². The van der Waals surface area contributed by atoms with E-state index in [-0.39, 0.29) is 34.5 Å². The maximum atomic E-state index is 14.0. The summed E-state index contributed by atoms with van der Waals surface area (Å²) in [7, 11) is -4.66. The second kappa shape index (κ2) is 18.6. The van der Waals surface area contributed by atoms with Crippen LogP contribution in [0, 0.1) is 21.4 Å². The third-order valence-corrected chi connectivity index (χ3v) is 16.1. The van der Waals surface area contributed by atoms with Crippen LogP contribution in [0.15, 0.2) is 84.1 Å². The smallest absolute Gasteiger partial charge is 0.407 e. The maximum Gasteiger partial charge on any atom is 0.407 e. The number of H-pyrrole nitrogens is 1. The van der Waals surface area contributed by atoms with Crippen LogP contribution in [0.25, 0.3) is 11.0 Å². The lowest BCUT2D eigenvalue weighted by Crippen LogP contribution is -2.60. The zero-order chi connectivity index (χ0) is 48.0. The highest BCUT2D eigenvalue weighted by Crippen LogP contribution is 2.53. The van der Waals surface area contributed by atoms with Gasteiger partial charge in [-0.3, -0.25) is 19.8 Å². The molecule has 5 heterocycles. The molecule has 0 bridgehead atoms. The number of fused-ring (bicyclic) bond motifs is 1. The predicted molar refractivity (Wildman–Crippen MR) is 256 cm³/mol. The van der Waals surface area contributed by atoms with Crippen LogP contribution in [-0.2, 0) is 10.0 Å². The number of piperidine rings is 1. The second-order valence-electron chi connectivity index (χ2n) is 19.7. The highest BCUT2D eigenvalue weighted by molar-refractivity contribution is 7.90. The minimum atomic E-state index is -4.66. The molecule has 4 fully saturated rings. The van der Waals surface area contributed by atoms with Crippen LogP contribution in [0.2, 0.25) is 0 Å². The van der Waals surface area contributed by atoms with Crippen LogP contribution in [0.1, 0.15) is 106 Å². The molecule has 1 atom stereocenters. The molecule has 68 heavy (non-hydrogen) atoms. The molecule has 2 amide bonds. The summed E-state index contributed by atoms with van der Waals surface area (Å²) in [5.41, 5.74) is 2.66. The van der Waals surface area contributed by atoms with E-state index in [0.29, 0.717) is 62.4 Å². The molecule has 5 aromatic rings. The fourth-order valence-corrected chi connectivity index (χ4v) is 11.7. The molecule has 0 radical (unpaired) electrons. The largest absolute Gasteiger partial charge is 0.465 e. The van der Waals surface area contributed by atoms with E-state index in [2.05, 4.69) is 66.8 Å². The van der Waals surface area contributed by atoms with E-state index in [9.17, 15) is 38.3 Å². The molecule has 19 heteroatoms. The van der Waals surface area contributed by atoms with E-state index < -0.39 is 43.1 Å². The summed E-state index contributed by atoms with van der Waals surface area (Å²) >= 11 is 0. The Kier molecular flexibility index (Phi) is 12.8. The number of amides is 2. The first kappa shape index (κ1) is 46.8. The Bertz CT molecular complexity index is 2810. The number of carboxylic acid groups (broad SMARTS) is 1. The maximum absolute atomic E-state index is 14.0. The topological polar surface area (TPSA) is 236 Å². The Balaban J connectivity index is 0.901. The van der Waals surface area contributed by atoms with Gasteiger partial charge >= 0.3 is 11.8 Å². The van der Waals surface area contributed by atoms with Gasteiger partial charge in [-0.2, -0.15) is 0 Å². The molecular weight excluding hydrogens is 891 g/mol. The molecule has 1 spiro atoms. The normalized spacial score (nSPS) is 22.2. The summed E-state index contributed by atoms with van der Waals surface area (Å²) in [4.78, 5) is 54.9. The quantitative estimate of drug-likeness (QED) is 0.0555. The fraction of sp³-hybridized carbons (Fsp3) is 0.469. The van der Waals surface area contributed by atoms with Crippen molar-refractivity contribution in [1.82, 2.24) is 29.5 Å². The number of anilines is 2. The number of aromatic amines is 1. The van der Waals surface area contributed by atoms with Crippen LogP contribution >= 0.6 is 0 Å². The minimum absolute atomic E-state index is 0.0196. The first-order chi connectivity index (χ1) is 32.5. The van der Waals surface area contributed by atoms with Crippen molar-refractivity contribution in [2.75, 3.05) is 49.5 Å². The van der Waals surface area contributed by atoms with Crippen LogP contribution in [0.5, 0.6) is 11.5 Å². The Morgan fingerprint density at radius 3 is 2.46 bits per heavy atom. The fourth-order valence-electron chi connectivity index (χ4n) is 10.8. The number of hydrogen-bond donors (Lipinski definition) is 5. The molecule has 2 aliphatic heterocycles. The van der Waals surface area contributed by atoms with E-state index in [0.717, 1.165) is 75.0 Å². The minimum Gasteiger partial charge on any atom is -0.465 e. The standard InChI is InChI=1S/C49H59N9O9S/c1-31(2)38-6-4-5-7-39(38)42-30-56(47(60)61)20-21-57(42)35-25-49(26-35)15-18-55(19-16-49)34-8-9-40(43(23-34)67-36-22-33-12-17-50-44(33)52-28-36)46(59)54-68(65,66)37-24-41(58(63)64)45(53-29-37)51-27-32-10-13-48(3,62)14-11-32/h4-9,12,17,22-24,28-29,31-32,35,42,62H,10-11,13-16,18-21,25-27,30H2,1-3H3,(H,50,52)(H,51,53)(H,54,59)(H,60,61)/t32?,42-,48?/m1/s1. The molecule has 4 aliphatic rings. The highest BCUT2D eigenvalue weighted by Gasteiger charge is 2.50. The Morgan fingerprint density at radius 1 is 0.985 bits per heavy atom. The van der Waals surface area contributed by atoms with Crippen molar-refractivity contribution < 1.29 is 37.9 Å². The lowest BCUT2D eigenvalue weighted by molar-refractivity contribution is -0.384. The lowest BCUT2D eigenvalue weighted by Gasteiger charge is -2.58. The molecular formula is C49H59N9O9S. The van der Waals surface area contributed by atoms with Gasteiger partial charge in [0.15, 0.2) is 0 Å². The molecule has 0 unspecified atom stereocenters. The number of sulfonamides is 1. The van der Waals surface area contributed by atoms with Gasteiger partial charge in [0.1, 0.15) is 22.0 Å². The Morgan fingerprint density at radius 2 is 1.74 bits per heavy atom. The summed E-state index contributed by atoms with van der Waals surface area (Å²) in [5.74, 6) is -0.220. The molecule has 18 nitrogen and oxygen atoms in total. The van der Waals surface area contributed by atoms with Gasteiger partial charge < -0.3 is 35.1 Å². The average Bonchev–Trinajstić information content (AvgIpc) is 3.78. The third-order valence-electron chi connectivity index (χ3n) is 14.8. The van der Waals surface area contributed by atoms with E-state index >= 15 is 0 Å². The van der Waals surface area contributed by atoms with Crippen LogP contribution in [-0.4, -0.2) is 111 Å². The molecule has 2 aliphatic carbocycles. The first-order valence-electron chi connectivity index (χ1n) is 23.5. The van der Waals surface area contributed by atoms with E-state index in [4.69, 9.17) is 4.74 Å². The monoisotopic (exact) mass is 949 g/mol. The molecule has 360 valence electrons. The van der Waals surface area contributed by atoms with Crippen LogP contribution < -0.4 is 19.7 Å². The van der Waals surface area contributed by atoms with Gasteiger partial charge in [0.05, 0.1) is 34.5 Å². The zero-order valence-corrected chi connectivity index (χ0v) is 39.4. The van der Waals surface area contributed by atoms with Gasteiger partial charge in [0.25, 0.3) is 15.9 Å². The molecule has 9 rings (SSSR count). The van der Waals surface area contributed by atoms with Crippen molar-refractivity contribution in [2.24, 2.45) is 11.3 Å². The summed E-state index contributed by atoms with van der Waals surface area (Å²) in [6, 6.07) is 18.2. The molecule has 2 saturated carbocycles. The highest BCUT2D eigenvalue weighted by atomic mass is 32.2. The van der Waals surface area contributed by atoms with Crippen molar-refractivity contribution in [3.8, 4) is 11.5 Å². The zero-order valence-electron chi connectivity index (χ0n) is 38.6. The number of carbonyl (C=O) groups is 2. The van der Waals surface area contributed by atoms with Crippen LogP contribution in [0.3, 0.4) is 0 Å². The number of nitrogens with one attached hydrogen (secondary N) is 3. The van der Waals surface area contributed by atoms with Crippen molar-refractivity contribution in [3.63, 3.8) is 0 Å². The summed E-state index contributed by atoms with van der Waals surface area (Å²) in [6.45, 7) is 9.59. The molecule has 2 saturated heterocycles. The molecule has 3 aromatic heterocycles. The number of rotatable bonds is 13. The number of aromatic nitrogens is 3. The number of nitro groups is 1. The number of aliphatic hydroxyl groups is 1. The van der Waals surface area contributed by atoms with Gasteiger partial charge in [0, 0.05) is 74.7 Å². The number of hydrogen-bond acceptors (Lipinski definition) is 13. The van der Waals surface area contributed by atoms with Gasteiger partial charge in [-0.25, -0.2) is 27.9 Å². The van der Waals surface area contributed by atoms with Crippen molar-refractivity contribution in [3.05, 3.63) is 106 Å². The Labute approximate surface area is 395 Å². The molecule has 2 aromatic carbocycles. The number of pyridine rings is 2. The predicted octanol–water partition coefficient (Wildman–Crippen LogP) is 8.04. The van der Waals surface area contributed by atoms with E-state index in [1.807, 2.05) is 12.1 Å². The van der Waals surface area contributed by atoms with Crippen molar-refractivity contribution in [1.29, 1.82) is 0 Å². The van der Waals surface area contributed by atoms with E-state index in [1.54, 1.807) is 36.2 Å². The average molecular weight is 950 g/mol. The van der Waals surface area contributed by atoms with E-state index in [1.165, 1.54) is 23.4 Å². The number of ether oxygens (including phenoxy) is 1. The molecule has 5 N–H and O–H groups in total. The summed E-state index contributed by atoms with van der Waals surface area (Å²) < 4.78 is 35.9. The summed E-state index contributed by atoms with van der Waals surface area (Å²) in [6.07, 6.45) is 9.93. The second-order valence-corrected chi connectivity index (χ2v) is 21.4. The number of nitrogens with zero attached hydrogens (tertiary/aromatic N) is 6. The first-order valence-corrected chi connectivity index (χ1v) is 25.0. The van der Waals surface area contributed by atoms with Crippen molar-refractivity contribution >= 4 is 50.2 Å². The number of carbonyl (C=O) groups excluding carboxylic acids is 1. The number of piperazine rings is 1. The lowest BCUT2D eigenvalue weighted by atomic mass is 9.59. The van der Waals surface area contributed by atoms with Gasteiger partial charge in [-0.15, -0.1) is 0 Å². The summed E-state index contributed by atoms with van der Waals surface area (Å²) in [5, 5.41) is 36.2. The third kappa shape index (κ3) is 9.82. The van der Waals surface area contributed by atoms with Gasteiger partial charge in [-0.05, 0) is 111 Å². The van der Waals surface area contributed by atoms with Gasteiger partial charge in [-0.1, -0.05) is 38.1 Å².